The summed E-state index contributed by atoms with van der Waals surface area (Å²) in [4.78, 5) is 2.43. The van der Waals surface area contributed by atoms with Gasteiger partial charge in [-0.25, -0.2) is 0 Å². The first kappa shape index (κ1) is 35.4. The molecule has 13 aromatic rings. The monoisotopic (exact) mass is 803 g/mol. The molecule has 0 N–H and O–H groups in total. The van der Waals surface area contributed by atoms with Crippen LogP contribution in [0.25, 0.3) is 109 Å². The fourth-order valence-corrected chi connectivity index (χ4v) is 10.1. The highest BCUT2D eigenvalue weighted by molar-refractivity contribution is 6.31. The molecule has 0 aliphatic rings. The zero-order valence-electron chi connectivity index (χ0n) is 34.1. The first-order valence-corrected chi connectivity index (χ1v) is 21.5. The number of fused-ring (bicyclic) bond motifs is 17. The van der Waals surface area contributed by atoms with E-state index in [4.69, 9.17) is 8.83 Å². The molecule has 3 heteroatoms. The Bertz CT molecular complexity index is 4050. The summed E-state index contributed by atoms with van der Waals surface area (Å²) in [5.74, 6) is 0. The summed E-state index contributed by atoms with van der Waals surface area (Å²) < 4.78 is 13.5. The summed E-state index contributed by atoms with van der Waals surface area (Å²) in [7, 11) is 0. The number of hydrogen-bond acceptors (Lipinski definition) is 3. The molecule has 294 valence electrons. The van der Waals surface area contributed by atoms with Gasteiger partial charge >= 0.3 is 0 Å². The number of para-hydroxylation sites is 3. The molecule has 0 aliphatic carbocycles. The summed E-state index contributed by atoms with van der Waals surface area (Å²) in [5, 5.41) is 15.8. The largest absolute Gasteiger partial charge is 0.456 e. The molecule has 0 radical (unpaired) electrons. The Balaban J connectivity index is 1.26. The molecule has 0 bridgehead atoms. The van der Waals surface area contributed by atoms with Crippen LogP contribution in [0.5, 0.6) is 0 Å². The van der Waals surface area contributed by atoms with E-state index in [-0.39, 0.29) is 0 Å². The minimum Gasteiger partial charge on any atom is -0.456 e. The lowest BCUT2D eigenvalue weighted by Crippen LogP contribution is -2.11. The normalized spacial score (nSPS) is 11.8. The number of benzene rings is 10. The van der Waals surface area contributed by atoms with Crippen LogP contribution >= 0.6 is 0 Å². The Morgan fingerprint density at radius 1 is 0.270 bits per heavy atom. The van der Waals surface area contributed by atoms with Gasteiger partial charge in [-0.3, -0.25) is 0 Å². The van der Waals surface area contributed by atoms with Crippen LogP contribution in [0.1, 0.15) is 0 Å². The molecule has 0 unspecified atom stereocenters. The highest BCUT2D eigenvalue weighted by Crippen LogP contribution is 2.48. The summed E-state index contributed by atoms with van der Waals surface area (Å²) in [6, 6.07) is 80.7. The van der Waals surface area contributed by atoms with Crippen molar-refractivity contribution in [3.8, 4) is 11.1 Å². The van der Waals surface area contributed by atoms with Crippen molar-refractivity contribution in [3.05, 3.63) is 224 Å². The predicted molar refractivity (Wildman–Crippen MR) is 266 cm³/mol. The third kappa shape index (κ3) is 5.46. The van der Waals surface area contributed by atoms with Gasteiger partial charge in [0.05, 0.1) is 16.8 Å². The van der Waals surface area contributed by atoms with E-state index in [1.54, 1.807) is 0 Å². The van der Waals surface area contributed by atoms with Crippen molar-refractivity contribution in [2.75, 3.05) is 4.90 Å². The van der Waals surface area contributed by atoms with Gasteiger partial charge in [-0.05, 0) is 103 Å². The average molecular weight is 804 g/mol. The first-order valence-electron chi connectivity index (χ1n) is 21.5. The standard InChI is InChI=1S/C60H37NO2/c1-2-17-38(18-3-1)40-19-10-13-28-53(40)61(54-29-16-32-57-59(54)51-27-12-15-31-56(51)62-57)39-33-34-46-44-23-7-5-21-42(44)41-20-4-6-22-43(41)45-24-8-9-26-48(45)58-49(52(46)37-39)35-36-50-47-25-11-14-30-55(47)63-60(50)58/h1-37H. The molecule has 63 heavy (non-hydrogen) atoms. The van der Waals surface area contributed by atoms with Gasteiger partial charge in [-0.1, -0.05) is 176 Å². The Labute approximate surface area is 362 Å². The smallest absolute Gasteiger partial charge is 0.143 e. The average Bonchev–Trinajstić information content (AvgIpc) is 3.93. The van der Waals surface area contributed by atoms with Crippen molar-refractivity contribution in [3.63, 3.8) is 0 Å². The lowest BCUT2D eigenvalue weighted by molar-refractivity contribution is 0.669. The predicted octanol–water partition coefficient (Wildman–Crippen LogP) is 17.5. The summed E-state index contributed by atoms with van der Waals surface area (Å²) in [6.07, 6.45) is 0. The number of rotatable bonds is 4. The zero-order chi connectivity index (χ0) is 41.4. The maximum absolute atomic E-state index is 6.99. The molecule has 2 aromatic heterocycles. The van der Waals surface area contributed by atoms with Gasteiger partial charge in [0, 0.05) is 32.8 Å². The quantitative estimate of drug-likeness (QED) is 0.177. The molecule has 13 rings (SSSR count). The van der Waals surface area contributed by atoms with Crippen LogP contribution in [-0.4, -0.2) is 0 Å². The van der Waals surface area contributed by atoms with Gasteiger partial charge < -0.3 is 13.7 Å². The number of furan rings is 2. The molecular formula is C60H37NO2. The molecule has 0 fully saturated rings. The molecular weight excluding hydrogens is 767 g/mol. The van der Waals surface area contributed by atoms with Crippen molar-refractivity contribution in [1.29, 1.82) is 0 Å². The second-order valence-electron chi connectivity index (χ2n) is 16.3. The Kier molecular flexibility index (Phi) is 7.91. The minimum atomic E-state index is 0.844. The van der Waals surface area contributed by atoms with E-state index < -0.39 is 0 Å². The third-order valence-electron chi connectivity index (χ3n) is 12.9. The highest BCUT2D eigenvalue weighted by Gasteiger charge is 2.23. The molecule has 0 saturated carbocycles. The van der Waals surface area contributed by atoms with Crippen molar-refractivity contribution in [2.24, 2.45) is 0 Å². The van der Waals surface area contributed by atoms with Gasteiger partial charge in [-0.15, -0.1) is 0 Å². The van der Waals surface area contributed by atoms with Crippen LogP contribution in [0.4, 0.5) is 17.1 Å². The lowest BCUT2D eigenvalue weighted by Gasteiger charge is -2.29. The maximum Gasteiger partial charge on any atom is 0.143 e. The molecule has 3 nitrogen and oxygen atoms in total. The molecule has 2 heterocycles. The molecule has 0 spiro atoms. The van der Waals surface area contributed by atoms with Crippen LogP contribution in [-0.2, 0) is 0 Å². The van der Waals surface area contributed by atoms with Gasteiger partial charge in [0.25, 0.3) is 0 Å². The third-order valence-corrected chi connectivity index (χ3v) is 12.9. The van der Waals surface area contributed by atoms with Crippen LogP contribution in [0.3, 0.4) is 0 Å². The molecule has 0 aliphatic heterocycles. The van der Waals surface area contributed by atoms with E-state index in [1.165, 1.54) is 21.5 Å². The van der Waals surface area contributed by atoms with Crippen molar-refractivity contribution in [2.45, 2.75) is 0 Å². The van der Waals surface area contributed by atoms with Crippen LogP contribution < -0.4 is 4.90 Å². The van der Waals surface area contributed by atoms with E-state index in [2.05, 4.69) is 223 Å². The number of hydrogen-bond donors (Lipinski definition) is 0. The topological polar surface area (TPSA) is 29.5 Å². The first-order chi connectivity index (χ1) is 31.3. The van der Waals surface area contributed by atoms with Crippen LogP contribution in [0, 0.1) is 0 Å². The molecule has 0 atom stereocenters. The van der Waals surface area contributed by atoms with Gasteiger partial charge in [0.1, 0.15) is 22.3 Å². The SMILES string of the molecule is c1ccc(-c2ccccc2N(c2ccc3c4ccccc4c4ccccc4c4ccccc4c4c(ccc5c6ccccc6oc54)c3c2)c2cccc3oc4ccccc4c23)cc1. The van der Waals surface area contributed by atoms with Gasteiger partial charge in [-0.2, -0.15) is 0 Å². The second kappa shape index (κ2) is 14.1. The molecule has 11 aromatic carbocycles. The molecule has 0 amide bonds. The lowest BCUT2D eigenvalue weighted by atomic mass is 9.93. The highest BCUT2D eigenvalue weighted by atomic mass is 16.3. The van der Waals surface area contributed by atoms with Gasteiger partial charge in [0.15, 0.2) is 0 Å². The fraction of sp³-hybridized carbons (Fsp3) is 0. The van der Waals surface area contributed by atoms with Crippen molar-refractivity contribution in [1.82, 2.24) is 0 Å². The van der Waals surface area contributed by atoms with E-state index in [9.17, 15) is 0 Å². The molecule has 0 saturated heterocycles. The Hall–Kier alpha value is -8.40. The van der Waals surface area contributed by atoms with Crippen molar-refractivity contribution >= 4 is 115 Å². The van der Waals surface area contributed by atoms with Crippen LogP contribution in [0.15, 0.2) is 233 Å². The van der Waals surface area contributed by atoms with E-state index >= 15 is 0 Å². The Morgan fingerprint density at radius 3 is 1.46 bits per heavy atom. The summed E-state index contributed by atoms with van der Waals surface area (Å²) in [6.45, 7) is 0. The van der Waals surface area contributed by atoms with E-state index in [0.717, 1.165) is 104 Å². The maximum atomic E-state index is 6.99. The number of anilines is 3. The summed E-state index contributed by atoms with van der Waals surface area (Å²) >= 11 is 0. The zero-order valence-corrected chi connectivity index (χ0v) is 34.1. The fourth-order valence-electron chi connectivity index (χ4n) is 10.1. The van der Waals surface area contributed by atoms with Crippen LogP contribution in [0.2, 0.25) is 0 Å². The minimum absolute atomic E-state index is 0.844. The second-order valence-corrected chi connectivity index (χ2v) is 16.3. The van der Waals surface area contributed by atoms with Crippen molar-refractivity contribution < 1.29 is 8.83 Å². The van der Waals surface area contributed by atoms with E-state index in [1.807, 2.05) is 6.07 Å². The van der Waals surface area contributed by atoms with Gasteiger partial charge in [0.2, 0.25) is 0 Å². The van der Waals surface area contributed by atoms with E-state index in [0.29, 0.717) is 0 Å². The Morgan fingerprint density at radius 2 is 0.746 bits per heavy atom. The number of nitrogens with zero attached hydrogens (tertiary/aromatic N) is 1. The summed E-state index contributed by atoms with van der Waals surface area (Å²) in [5.41, 5.74) is 8.85.